The minimum atomic E-state index is 0.340. The molecule has 0 rings (SSSR count). The number of rotatable bonds is 7. The van der Waals surface area contributed by atoms with E-state index in [1.54, 1.807) is 0 Å². The van der Waals surface area contributed by atoms with Crippen molar-refractivity contribution in [1.82, 2.24) is 10.2 Å². The van der Waals surface area contributed by atoms with Crippen LogP contribution in [0, 0.1) is 5.41 Å². The lowest BCUT2D eigenvalue weighted by atomic mass is 9.85. The van der Waals surface area contributed by atoms with Crippen LogP contribution in [0.1, 0.15) is 60.8 Å². The van der Waals surface area contributed by atoms with Crippen molar-refractivity contribution in [2.75, 3.05) is 14.1 Å². The molecule has 0 aliphatic carbocycles. The number of nitrogens with zero attached hydrogens (tertiary/aromatic N) is 1. The topological polar surface area (TPSA) is 15.3 Å². The highest BCUT2D eigenvalue weighted by molar-refractivity contribution is 4.87. The van der Waals surface area contributed by atoms with E-state index in [0.717, 1.165) is 0 Å². The van der Waals surface area contributed by atoms with Gasteiger partial charge in [0.1, 0.15) is 0 Å². The Balaban J connectivity index is 4.74. The third-order valence-electron chi connectivity index (χ3n) is 4.24. The Bertz CT molecular complexity index is 196. The molecule has 1 N–H and O–H groups in total. The third-order valence-corrected chi connectivity index (χ3v) is 4.24. The summed E-state index contributed by atoms with van der Waals surface area (Å²) in [4.78, 5) is 2.57. The molecule has 2 heteroatoms. The van der Waals surface area contributed by atoms with Crippen LogP contribution in [0.15, 0.2) is 0 Å². The molecule has 0 aromatic rings. The number of hydrogen-bond acceptors (Lipinski definition) is 2. The number of likely N-dealkylation sites (N-methyl/N-ethyl adjacent to an activating group) is 2. The van der Waals surface area contributed by atoms with Gasteiger partial charge in [-0.3, -0.25) is 4.90 Å². The highest BCUT2D eigenvalue weighted by atomic mass is 15.2. The van der Waals surface area contributed by atoms with Gasteiger partial charge >= 0.3 is 0 Å². The van der Waals surface area contributed by atoms with Crippen LogP contribution in [-0.4, -0.2) is 37.1 Å². The molecule has 0 fully saturated rings. The summed E-state index contributed by atoms with van der Waals surface area (Å²) in [7, 11) is 4.38. The summed E-state index contributed by atoms with van der Waals surface area (Å²) >= 11 is 0. The van der Waals surface area contributed by atoms with E-state index in [0.29, 0.717) is 23.5 Å². The summed E-state index contributed by atoms with van der Waals surface area (Å²) in [5.41, 5.74) is 0.340. The molecular formula is C15H34N2. The Morgan fingerprint density at radius 3 is 2.00 bits per heavy atom. The largest absolute Gasteiger partial charge is 0.315 e. The molecule has 0 aliphatic heterocycles. The average molecular weight is 242 g/mol. The van der Waals surface area contributed by atoms with Crippen molar-refractivity contribution in [2.24, 2.45) is 5.41 Å². The molecule has 0 heterocycles. The van der Waals surface area contributed by atoms with Gasteiger partial charge in [-0.15, -0.1) is 0 Å². The third kappa shape index (κ3) is 4.97. The zero-order valence-electron chi connectivity index (χ0n) is 13.3. The van der Waals surface area contributed by atoms with Gasteiger partial charge in [0.2, 0.25) is 0 Å². The van der Waals surface area contributed by atoms with Gasteiger partial charge in [-0.05, 0) is 39.3 Å². The van der Waals surface area contributed by atoms with E-state index >= 15 is 0 Å². The summed E-state index contributed by atoms with van der Waals surface area (Å²) in [6.07, 6.45) is 3.72. The maximum absolute atomic E-state index is 3.50. The van der Waals surface area contributed by atoms with Gasteiger partial charge in [-0.1, -0.05) is 41.0 Å². The Morgan fingerprint density at radius 2 is 1.71 bits per heavy atom. The van der Waals surface area contributed by atoms with Crippen molar-refractivity contribution in [3.05, 3.63) is 0 Å². The van der Waals surface area contributed by atoms with Crippen LogP contribution in [0.2, 0.25) is 0 Å². The van der Waals surface area contributed by atoms with Gasteiger partial charge < -0.3 is 5.32 Å². The van der Waals surface area contributed by atoms with E-state index in [1.165, 1.54) is 19.3 Å². The highest BCUT2D eigenvalue weighted by Gasteiger charge is 2.30. The van der Waals surface area contributed by atoms with Crippen LogP contribution >= 0.6 is 0 Å². The van der Waals surface area contributed by atoms with E-state index in [2.05, 4.69) is 65.9 Å². The van der Waals surface area contributed by atoms with Gasteiger partial charge in [-0.25, -0.2) is 0 Å². The van der Waals surface area contributed by atoms with Crippen molar-refractivity contribution in [2.45, 2.75) is 78.9 Å². The number of hydrogen-bond donors (Lipinski definition) is 1. The van der Waals surface area contributed by atoms with Crippen molar-refractivity contribution < 1.29 is 0 Å². The fraction of sp³-hybridized carbons (Fsp3) is 1.00. The van der Waals surface area contributed by atoms with Crippen LogP contribution in [0.4, 0.5) is 0 Å². The molecule has 0 saturated heterocycles. The van der Waals surface area contributed by atoms with Gasteiger partial charge in [0.15, 0.2) is 0 Å². The second kappa shape index (κ2) is 7.38. The first-order chi connectivity index (χ1) is 7.79. The SMILES string of the molecule is CCCC(NC)C(CC)N(C)C(C)C(C)(C)C. The molecule has 104 valence electrons. The van der Waals surface area contributed by atoms with E-state index in [9.17, 15) is 0 Å². The fourth-order valence-electron chi connectivity index (χ4n) is 2.59. The van der Waals surface area contributed by atoms with Crippen LogP contribution in [0.3, 0.4) is 0 Å². The summed E-state index contributed by atoms with van der Waals surface area (Å²) in [6.45, 7) is 13.9. The normalized spacial score (nSPS) is 18.2. The molecule has 17 heavy (non-hydrogen) atoms. The van der Waals surface area contributed by atoms with Crippen molar-refractivity contribution in [3.63, 3.8) is 0 Å². The fourth-order valence-corrected chi connectivity index (χ4v) is 2.59. The van der Waals surface area contributed by atoms with Crippen molar-refractivity contribution in [3.8, 4) is 0 Å². The Morgan fingerprint density at radius 1 is 1.18 bits per heavy atom. The highest BCUT2D eigenvalue weighted by Crippen LogP contribution is 2.26. The molecule has 0 radical (unpaired) electrons. The molecule has 0 spiro atoms. The lowest BCUT2D eigenvalue weighted by Crippen LogP contribution is -2.53. The Hall–Kier alpha value is -0.0800. The molecule has 3 unspecified atom stereocenters. The molecule has 0 saturated carbocycles. The Kier molecular flexibility index (Phi) is 7.34. The van der Waals surface area contributed by atoms with E-state index < -0.39 is 0 Å². The molecule has 0 aromatic heterocycles. The lowest BCUT2D eigenvalue weighted by molar-refractivity contribution is 0.0742. The minimum Gasteiger partial charge on any atom is -0.315 e. The average Bonchev–Trinajstić information content (AvgIpc) is 2.26. The monoisotopic (exact) mass is 242 g/mol. The van der Waals surface area contributed by atoms with Crippen LogP contribution in [0.25, 0.3) is 0 Å². The second-order valence-electron chi connectivity index (χ2n) is 6.37. The summed E-state index contributed by atoms with van der Waals surface area (Å²) in [6, 6.07) is 1.84. The first-order valence-corrected chi connectivity index (χ1v) is 7.18. The molecule has 2 nitrogen and oxygen atoms in total. The van der Waals surface area contributed by atoms with E-state index in [4.69, 9.17) is 0 Å². The molecule has 3 atom stereocenters. The van der Waals surface area contributed by atoms with Crippen molar-refractivity contribution >= 4 is 0 Å². The van der Waals surface area contributed by atoms with Gasteiger partial charge in [0.25, 0.3) is 0 Å². The van der Waals surface area contributed by atoms with Gasteiger partial charge in [-0.2, -0.15) is 0 Å². The lowest BCUT2D eigenvalue weighted by Gasteiger charge is -2.43. The van der Waals surface area contributed by atoms with Gasteiger partial charge in [0, 0.05) is 18.1 Å². The molecular weight excluding hydrogens is 208 g/mol. The second-order valence-corrected chi connectivity index (χ2v) is 6.37. The molecule has 0 aliphatic rings. The first-order valence-electron chi connectivity index (χ1n) is 7.18. The molecule has 0 aromatic carbocycles. The Labute approximate surface area is 109 Å². The van der Waals surface area contributed by atoms with E-state index in [-0.39, 0.29) is 0 Å². The standard InChI is InChI=1S/C15H34N2/c1-9-11-13(16-7)14(10-2)17(8)12(3)15(4,5)6/h12-14,16H,9-11H2,1-8H3. The van der Waals surface area contributed by atoms with Crippen LogP contribution < -0.4 is 5.32 Å². The zero-order valence-corrected chi connectivity index (χ0v) is 13.3. The molecule has 0 amide bonds. The zero-order chi connectivity index (χ0) is 13.6. The predicted molar refractivity (Wildman–Crippen MR) is 78.5 cm³/mol. The summed E-state index contributed by atoms with van der Waals surface area (Å²) < 4.78 is 0. The first kappa shape index (κ1) is 16.9. The van der Waals surface area contributed by atoms with E-state index in [1.807, 2.05) is 0 Å². The minimum absolute atomic E-state index is 0.340. The van der Waals surface area contributed by atoms with Crippen LogP contribution in [-0.2, 0) is 0 Å². The summed E-state index contributed by atoms with van der Waals surface area (Å²) in [5, 5.41) is 3.50. The maximum atomic E-state index is 3.50. The quantitative estimate of drug-likeness (QED) is 0.735. The number of nitrogens with one attached hydrogen (secondary N) is 1. The van der Waals surface area contributed by atoms with Crippen molar-refractivity contribution in [1.29, 1.82) is 0 Å². The summed E-state index contributed by atoms with van der Waals surface area (Å²) in [5.74, 6) is 0. The van der Waals surface area contributed by atoms with Crippen LogP contribution in [0.5, 0.6) is 0 Å². The maximum Gasteiger partial charge on any atom is 0.0246 e. The smallest absolute Gasteiger partial charge is 0.0246 e. The predicted octanol–water partition coefficient (Wildman–Crippen LogP) is 3.52. The van der Waals surface area contributed by atoms with Gasteiger partial charge in [0.05, 0.1) is 0 Å². The molecule has 0 bridgehead atoms.